The van der Waals surface area contributed by atoms with E-state index in [0.29, 0.717) is 6.07 Å². The van der Waals surface area contributed by atoms with E-state index in [1.165, 1.54) is 22.5 Å². The van der Waals surface area contributed by atoms with Gasteiger partial charge >= 0.3 is 12.1 Å². The van der Waals surface area contributed by atoms with Crippen LogP contribution in [0, 0.1) is 0 Å². The molecule has 172 valence electrons. The molecule has 0 atom stereocenters. The lowest BCUT2D eigenvalue weighted by Gasteiger charge is -2.26. The number of hydrogen-bond acceptors (Lipinski definition) is 6. The lowest BCUT2D eigenvalue weighted by molar-refractivity contribution is -0.137. The molecule has 1 aliphatic heterocycles. The molecule has 0 unspecified atom stereocenters. The fourth-order valence-electron chi connectivity index (χ4n) is 2.92. The SMILES string of the molecule is O=C(COC(=O)c1ccc(Cl)c(S(=O)(=O)N2CCOCC2)c1)c1cccc(C(F)(F)F)c1. The largest absolute Gasteiger partial charge is 0.454 e. The second-order valence-corrected chi connectivity index (χ2v) is 9.05. The Morgan fingerprint density at radius 1 is 1.06 bits per heavy atom. The van der Waals surface area contributed by atoms with Gasteiger partial charge in [0.25, 0.3) is 0 Å². The summed E-state index contributed by atoms with van der Waals surface area (Å²) in [6, 6.07) is 7.17. The van der Waals surface area contributed by atoms with Crippen LogP contribution in [0.5, 0.6) is 0 Å². The van der Waals surface area contributed by atoms with Crippen LogP contribution < -0.4 is 0 Å². The molecule has 0 aliphatic carbocycles. The average molecular weight is 492 g/mol. The molecule has 1 aliphatic rings. The summed E-state index contributed by atoms with van der Waals surface area (Å²) in [5.74, 6) is -1.88. The molecule has 3 rings (SSSR count). The first-order valence-corrected chi connectivity index (χ1v) is 11.1. The molecular formula is C20H17ClF3NO6S. The van der Waals surface area contributed by atoms with Crippen LogP contribution in [0.1, 0.15) is 26.3 Å². The predicted molar refractivity (Wildman–Crippen MR) is 107 cm³/mol. The third-order valence-electron chi connectivity index (χ3n) is 4.60. The van der Waals surface area contributed by atoms with Crippen molar-refractivity contribution in [2.24, 2.45) is 0 Å². The standard InChI is InChI=1S/C20H17ClF3NO6S/c21-16-5-4-14(11-18(16)32(28,29)25-6-8-30-9-7-25)19(27)31-12-17(26)13-2-1-3-15(10-13)20(22,23)24/h1-5,10-11H,6-9,12H2. The Balaban J connectivity index is 1.73. The van der Waals surface area contributed by atoms with Gasteiger partial charge in [0, 0.05) is 18.7 Å². The van der Waals surface area contributed by atoms with Crippen LogP contribution in [0.2, 0.25) is 5.02 Å². The molecule has 0 aromatic heterocycles. The van der Waals surface area contributed by atoms with Gasteiger partial charge in [0.2, 0.25) is 10.0 Å². The van der Waals surface area contributed by atoms with Crippen molar-refractivity contribution in [3.05, 3.63) is 64.2 Å². The number of benzene rings is 2. The third-order valence-corrected chi connectivity index (χ3v) is 6.98. The van der Waals surface area contributed by atoms with Crippen molar-refractivity contribution in [2.45, 2.75) is 11.1 Å². The van der Waals surface area contributed by atoms with Gasteiger partial charge in [-0.3, -0.25) is 4.79 Å². The summed E-state index contributed by atoms with van der Waals surface area (Å²) in [5, 5.41) is -0.104. The summed E-state index contributed by atoms with van der Waals surface area (Å²) in [7, 11) is -4.00. The Morgan fingerprint density at radius 2 is 1.75 bits per heavy atom. The maximum atomic E-state index is 12.8. The molecule has 0 N–H and O–H groups in total. The van der Waals surface area contributed by atoms with Crippen LogP contribution in [-0.4, -0.2) is 57.4 Å². The number of ether oxygens (including phenoxy) is 2. The first kappa shape index (κ1) is 24.2. The molecule has 0 bridgehead atoms. The number of nitrogens with zero attached hydrogens (tertiary/aromatic N) is 1. The van der Waals surface area contributed by atoms with Gasteiger partial charge in [0.05, 0.1) is 29.4 Å². The van der Waals surface area contributed by atoms with Crippen molar-refractivity contribution in [2.75, 3.05) is 32.9 Å². The molecule has 0 radical (unpaired) electrons. The van der Waals surface area contributed by atoms with E-state index in [0.717, 1.165) is 18.2 Å². The Morgan fingerprint density at radius 3 is 2.41 bits per heavy atom. The van der Waals surface area contributed by atoms with Crippen LogP contribution in [0.4, 0.5) is 13.2 Å². The first-order valence-electron chi connectivity index (χ1n) is 9.25. The quantitative estimate of drug-likeness (QED) is 0.454. The van der Waals surface area contributed by atoms with E-state index < -0.39 is 40.1 Å². The van der Waals surface area contributed by atoms with E-state index in [-0.39, 0.29) is 47.3 Å². The number of alkyl halides is 3. The highest BCUT2D eigenvalue weighted by molar-refractivity contribution is 7.89. The topological polar surface area (TPSA) is 90.0 Å². The Kier molecular flexibility index (Phi) is 7.23. The third kappa shape index (κ3) is 5.47. The number of morpholine rings is 1. The molecule has 32 heavy (non-hydrogen) atoms. The van der Waals surface area contributed by atoms with Crippen LogP contribution in [0.15, 0.2) is 47.4 Å². The smallest absolute Gasteiger partial charge is 0.416 e. The van der Waals surface area contributed by atoms with Crippen molar-refractivity contribution in [1.82, 2.24) is 4.31 Å². The van der Waals surface area contributed by atoms with E-state index in [1.54, 1.807) is 0 Å². The number of Topliss-reactive ketones (excluding diaryl/α,β-unsaturated/α-hetero) is 1. The summed E-state index contributed by atoms with van der Waals surface area (Å²) in [5.41, 5.74) is -1.47. The van der Waals surface area contributed by atoms with E-state index in [9.17, 15) is 31.2 Å². The van der Waals surface area contributed by atoms with Gasteiger partial charge in [0.1, 0.15) is 4.90 Å². The van der Waals surface area contributed by atoms with Crippen LogP contribution in [-0.2, 0) is 25.7 Å². The molecule has 0 saturated carbocycles. The average Bonchev–Trinajstić information content (AvgIpc) is 2.77. The van der Waals surface area contributed by atoms with Crippen LogP contribution in [0.3, 0.4) is 0 Å². The van der Waals surface area contributed by atoms with Gasteiger partial charge in [-0.25, -0.2) is 13.2 Å². The second-order valence-electron chi connectivity index (χ2n) is 6.74. The molecule has 2 aromatic rings. The Labute approximate surface area is 186 Å². The maximum Gasteiger partial charge on any atom is 0.416 e. The minimum Gasteiger partial charge on any atom is -0.454 e. The van der Waals surface area contributed by atoms with E-state index in [1.807, 2.05) is 0 Å². The molecule has 2 aromatic carbocycles. The zero-order valence-corrected chi connectivity index (χ0v) is 18.0. The van der Waals surface area contributed by atoms with Gasteiger partial charge in [-0.2, -0.15) is 17.5 Å². The van der Waals surface area contributed by atoms with Gasteiger partial charge in [-0.15, -0.1) is 0 Å². The van der Waals surface area contributed by atoms with Gasteiger partial charge < -0.3 is 9.47 Å². The lowest BCUT2D eigenvalue weighted by Crippen LogP contribution is -2.40. The number of rotatable bonds is 6. The molecule has 0 spiro atoms. The molecule has 1 saturated heterocycles. The summed E-state index contributed by atoms with van der Waals surface area (Å²) < 4.78 is 75.3. The summed E-state index contributed by atoms with van der Waals surface area (Å²) in [6.07, 6.45) is -4.63. The minimum absolute atomic E-state index is 0.104. The van der Waals surface area contributed by atoms with Crippen LogP contribution in [0.25, 0.3) is 0 Å². The molecule has 1 heterocycles. The number of sulfonamides is 1. The van der Waals surface area contributed by atoms with Gasteiger partial charge in [-0.05, 0) is 30.3 Å². The molecule has 1 fully saturated rings. The van der Waals surface area contributed by atoms with Gasteiger partial charge in [0.15, 0.2) is 12.4 Å². The van der Waals surface area contributed by atoms with Crippen molar-refractivity contribution >= 4 is 33.4 Å². The monoisotopic (exact) mass is 491 g/mol. The summed E-state index contributed by atoms with van der Waals surface area (Å²) >= 11 is 6.03. The fourth-order valence-corrected chi connectivity index (χ4v) is 4.83. The highest BCUT2D eigenvalue weighted by atomic mass is 35.5. The van der Waals surface area contributed by atoms with E-state index in [2.05, 4.69) is 0 Å². The zero-order chi connectivity index (χ0) is 23.5. The number of hydrogen-bond donors (Lipinski definition) is 0. The van der Waals surface area contributed by atoms with E-state index in [4.69, 9.17) is 21.1 Å². The van der Waals surface area contributed by atoms with Crippen molar-refractivity contribution in [3.8, 4) is 0 Å². The Bertz CT molecular complexity index is 1130. The molecule has 7 nitrogen and oxygen atoms in total. The highest BCUT2D eigenvalue weighted by Gasteiger charge is 2.31. The molecule has 12 heteroatoms. The number of carbonyl (C=O) groups is 2. The van der Waals surface area contributed by atoms with Crippen molar-refractivity contribution in [3.63, 3.8) is 0 Å². The molecule has 0 amide bonds. The van der Waals surface area contributed by atoms with Crippen molar-refractivity contribution in [1.29, 1.82) is 0 Å². The highest BCUT2D eigenvalue weighted by Crippen LogP contribution is 2.30. The zero-order valence-electron chi connectivity index (χ0n) is 16.4. The van der Waals surface area contributed by atoms with Gasteiger partial charge in [-0.1, -0.05) is 23.7 Å². The normalized spacial score (nSPS) is 15.4. The van der Waals surface area contributed by atoms with Crippen molar-refractivity contribution < 1.29 is 40.7 Å². The second kappa shape index (κ2) is 9.57. The predicted octanol–water partition coefficient (Wildman–Crippen LogP) is 3.42. The maximum absolute atomic E-state index is 12.8. The molecular weight excluding hydrogens is 475 g/mol. The van der Waals surface area contributed by atoms with E-state index >= 15 is 0 Å². The Hall–Kier alpha value is -2.47. The van der Waals surface area contributed by atoms with Crippen LogP contribution >= 0.6 is 11.6 Å². The summed E-state index contributed by atoms with van der Waals surface area (Å²) in [4.78, 5) is 24.2. The number of esters is 1. The first-order chi connectivity index (χ1) is 15.0. The minimum atomic E-state index is -4.63. The number of halogens is 4. The fraction of sp³-hybridized carbons (Fsp3) is 0.300. The lowest BCUT2D eigenvalue weighted by atomic mass is 10.1. The number of carbonyl (C=O) groups excluding carboxylic acids is 2. The summed E-state index contributed by atoms with van der Waals surface area (Å²) in [6.45, 7) is -0.140. The number of ketones is 1.